The van der Waals surface area contributed by atoms with Crippen LogP contribution in [0.25, 0.3) is 0 Å². The minimum Gasteiger partial charge on any atom is -0.493 e. The highest BCUT2D eigenvalue weighted by atomic mass is 16.5. The van der Waals surface area contributed by atoms with Gasteiger partial charge in [-0.3, -0.25) is 4.90 Å². The lowest BCUT2D eigenvalue weighted by atomic mass is 9.98. The predicted octanol–water partition coefficient (Wildman–Crippen LogP) is 2.89. The third kappa shape index (κ3) is 4.80. The summed E-state index contributed by atoms with van der Waals surface area (Å²) in [6.07, 6.45) is 2.56. The quantitative estimate of drug-likeness (QED) is 0.868. The van der Waals surface area contributed by atoms with Crippen LogP contribution in [0.2, 0.25) is 0 Å². The van der Waals surface area contributed by atoms with Crippen molar-refractivity contribution in [3.63, 3.8) is 0 Å². The fraction of sp³-hybridized carbons (Fsp3) is 0.647. The van der Waals surface area contributed by atoms with Gasteiger partial charge in [0.15, 0.2) is 0 Å². The van der Waals surface area contributed by atoms with Crippen LogP contribution in [-0.4, -0.2) is 31.1 Å². The van der Waals surface area contributed by atoms with Crippen LogP contribution in [0.15, 0.2) is 24.3 Å². The second-order valence-electron chi connectivity index (χ2n) is 6.33. The molecule has 2 N–H and O–H groups in total. The van der Waals surface area contributed by atoms with E-state index in [2.05, 4.69) is 43.0 Å². The molecule has 0 aromatic heterocycles. The van der Waals surface area contributed by atoms with Crippen molar-refractivity contribution in [1.82, 2.24) is 4.90 Å². The van der Waals surface area contributed by atoms with Gasteiger partial charge in [0.2, 0.25) is 0 Å². The van der Waals surface area contributed by atoms with E-state index in [9.17, 15) is 0 Å². The van der Waals surface area contributed by atoms with Crippen LogP contribution in [0.4, 0.5) is 0 Å². The molecule has 3 nitrogen and oxygen atoms in total. The van der Waals surface area contributed by atoms with E-state index >= 15 is 0 Å². The molecule has 2 rings (SSSR count). The Kier molecular flexibility index (Phi) is 5.86. The predicted molar refractivity (Wildman–Crippen MR) is 83.8 cm³/mol. The van der Waals surface area contributed by atoms with Gasteiger partial charge in [-0.2, -0.15) is 0 Å². The van der Waals surface area contributed by atoms with Crippen LogP contribution in [0.3, 0.4) is 0 Å². The maximum Gasteiger partial charge on any atom is 0.119 e. The molecular formula is C17H28N2O. The Balaban J connectivity index is 1.83. The van der Waals surface area contributed by atoms with Gasteiger partial charge < -0.3 is 10.5 Å². The van der Waals surface area contributed by atoms with E-state index < -0.39 is 0 Å². The first-order valence-corrected chi connectivity index (χ1v) is 7.81. The summed E-state index contributed by atoms with van der Waals surface area (Å²) in [5.41, 5.74) is 7.15. The fourth-order valence-corrected chi connectivity index (χ4v) is 2.70. The number of likely N-dealkylation sites (tertiary alicyclic amines) is 1. The molecule has 1 heterocycles. The molecule has 20 heavy (non-hydrogen) atoms. The minimum atomic E-state index is 0.566. The lowest BCUT2D eigenvalue weighted by Gasteiger charge is -2.32. The summed E-state index contributed by atoms with van der Waals surface area (Å²) in [5.74, 6) is 2.22. The topological polar surface area (TPSA) is 38.5 Å². The maximum atomic E-state index is 5.79. The Morgan fingerprint density at radius 3 is 2.70 bits per heavy atom. The first-order chi connectivity index (χ1) is 9.67. The summed E-state index contributed by atoms with van der Waals surface area (Å²) < 4.78 is 5.72. The molecule has 1 atom stereocenters. The van der Waals surface area contributed by atoms with Gasteiger partial charge in [0.1, 0.15) is 5.75 Å². The first kappa shape index (κ1) is 15.3. The number of ether oxygens (including phenoxy) is 1. The van der Waals surface area contributed by atoms with Crippen molar-refractivity contribution in [2.45, 2.75) is 33.2 Å². The molecule has 0 amide bonds. The molecule has 0 spiro atoms. The van der Waals surface area contributed by atoms with Crippen LogP contribution in [0.1, 0.15) is 32.3 Å². The first-order valence-electron chi connectivity index (χ1n) is 7.81. The average Bonchev–Trinajstić information content (AvgIpc) is 2.47. The number of hydrogen-bond acceptors (Lipinski definition) is 3. The third-order valence-corrected chi connectivity index (χ3v) is 3.85. The molecule has 1 aromatic carbocycles. The van der Waals surface area contributed by atoms with Crippen molar-refractivity contribution >= 4 is 0 Å². The van der Waals surface area contributed by atoms with Crippen LogP contribution >= 0.6 is 0 Å². The molecule has 112 valence electrons. The van der Waals surface area contributed by atoms with Crippen LogP contribution in [0, 0.1) is 11.8 Å². The van der Waals surface area contributed by atoms with Crippen molar-refractivity contribution in [3.8, 4) is 5.75 Å². The summed E-state index contributed by atoms with van der Waals surface area (Å²) >= 11 is 0. The molecule has 0 saturated carbocycles. The molecule has 0 bridgehead atoms. The maximum absolute atomic E-state index is 5.79. The van der Waals surface area contributed by atoms with Gasteiger partial charge in [0, 0.05) is 13.1 Å². The third-order valence-electron chi connectivity index (χ3n) is 3.85. The zero-order valence-electron chi connectivity index (χ0n) is 12.8. The zero-order valence-corrected chi connectivity index (χ0v) is 12.8. The van der Waals surface area contributed by atoms with Crippen LogP contribution in [0.5, 0.6) is 5.75 Å². The Morgan fingerprint density at radius 2 is 2.05 bits per heavy atom. The van der Waals surface area contributed by atoms with Gasteiger partial charge in [0.05, 0.1) is 6.61 Å². The largest absolute Gasteiger partial charge is 0.493 e. The number of nitrogens with zero attached hydrogens (tertiary/aromatic N) is 1. The van der Waals surface area contributed by atoms with Crippen LogP contribution in [-0.2, 0) is 6.54 Å². The Morgan fingerprint density at radius 1 is 1.30 bits per heavy atom. The average molecular weight is 276 g/mol. The summed E-state index contributed by atoms with van der Waals surface area (Å²) in [6, 6.07) is 8.54. The Labute approximate surface area is 123 Å². The fourth-order valence-electron chi connectivity index (χ4n) is 2.70. The standard InChI is InChI=1S/C17H28N2O/c1-14(2)13-20-17-7-5-15(6-8-17)11-19-9-3-4-16(10-18)12-19/h5-8,14,16H,3-4,9-13,18H2,1-2H3. The summed E-state index contributed by atoms with van der Waals surface area (Å²) in [7, 11) is 0. The molecule has 1 aromatic rings. The molecule has 3 heteroatoms. The van der Waals surface area contributed by atoms with Crippen molar-refractivity contribution < 1.29 is 4.74 Å². The van der Waals surface area contributed by atoms with E-state index in [1.807, 2.05) is 0 Å². The van der Waals surface area contributed by atoms with E-state index in [0.717, 1.165) is 32.0 Å². The summed E-state index contributed by atoms with van der Waals surface area (Å²) in [6.45, 7) is 9.30. The zero-order chi connectivity index (χ0) is 14.4. The number of hydrogen-bond donors (Lipinski definition) is 1. The smallest absolute Gasteiger partial charge is 0.119 e. The SMILES string of the molecule is CC(C)COc1ccc(CN2CCCC(CN)C2)cc1. The Hall–Kier alpha value is -1.06. The highest BCUT2D eigenvalue weighted by Crippen LogP contribution is 2.19. The van der Waals surface area contributed by atoms with E-state index in [0.29, 0.717) is 11.8 Å². The van der Waals surface area contributed by atoms with Crippen molar-refractivity contribution in [2.75, 3.05) is 26.2 Å². The molecule has 1 saturated heterocycles. The lowest BCUT2D eigenvalue weighted by Crippen LogP contribution is -2.37. The van der Waals surface area contributed by atoms with Crippen molar-refractivity contribution in [2.24, 2.45) is 17.6 Å². The van der Waals surface area contributed by atoms with Crippen molar-refractivity contribution in [3.05, 3.63) is 29.8 Å². The van der Waals surface area contributed by atoms with E-state index in [4.69, 9.17) is 10.5 Å². The molecule has 1 fully saturated rings. The monoisotopic (exact) mass is 276 g/mol. The molecule has 1 unspecified atom stereocenters. The van der Waals surface area contributed by atoms with E-state index in [1.165, 1.54) is 24.9 Å². The van der Waals surface area contributed by atoms with Crippen LogP contribution < -0.4 is 10.5 Å². The van der Waals surface area contributed by atoms with Gasteiger partial charge >= 0.3 is 0 Å². The van der Waals surface area contributed by atoms with Gasteiger partial charge in [0.25, 0.3) is 0 Å². The highest BCUT2D eigenvalue weighted by Gasteiger charge is 2.18. The van der Waals surface area contributed by atoms with Crippen molar-refractivity contribution in [1.29, 1.82) is 0 Å². The summed E-state index contributed by atoms with van der Waals surface area (Å²) in [5, 5.41) is 0. The van der Waals surface area contributed by atoms with Gasteiger partial charge in [-0.05, 0) is 55.5 Å². The minimum absolute atomic E-state index is 0.566. The molecule has 1 aliphatic rings. The number of rotatable bonds is 6. The second-order valence-corrected chi connectivity index (χ2v) is 6.33. The number of nitrogens with two attached hydrogens (primary N) is 1. The van der Waals surface area contributed by atoms with E-state index in [-0.39, 0.29) is 0 Å². The number of piperidine rings is 1. The summed E-state index contributed by atoms with van der Waals surface area (Å²) in [4.78, 5) is 2.52. The normalized spacial score (nSPS) is 20.3. The van der Waals surface area contributed by atoms with Gasteiger partial charge in [-0.15, -0.1) is 0 Å². The Bertz CT molecular complexity index is 388. The molecule has 0 aliphatic carbocycles. The van der Waals surface area contributed by atoms with Gasteiger partial charge in [-0.25, -0.2) is 0 Å². The number of benzene rings is 1. The van der Waals surface area contributed by atoms with E-state index in [1.54, 1.807) is 0 Å². The van der Waals surface area contributed by atoms with Gasteiger partial charge in [-0.1, -0.05) is 26.0 Å². The second kappa shape index (κ2) is 7.65. The highest BCUT2D eigenvalue weighted by molar-refractivity contribution is 5.27. The molecular weight excluding hydrogens is 248 g/mol. The molecule has 0 radical (unpaired) electrons. The lowest BCUT2D eigenvalue weighted by molar-refractivity contribution is 0.171. The molecule has 1 aliphatic heterocycles.